The van der Waals surface area contributed by atoms with Gasteiger partial charge >= 0.3 is 0 Å². The Bertz CT molecular complexity index is 878. The summed E-state index contributed by atoms with van der Waals surface area (Å²) in [7, 11) is 0. The molecule has 4 rings (SSSR count). The van der Waals surface area contributed by atoms with Crippen LogP contribution in [0.3, 0.4) is 0 Å². The van der Waals surface area contributed by atoms with Crippen LogP contribution >= 0.6 is 11.3 Å². The Labute approximate surface area is 142 Å². The van der Waals surface area contributed by atoms with Crippen LogP contribution in [0.4, 0.5) is 0 Å². The van der Waals surface area contributed by atoms with Gasteiger partial charge < -0.3 is 14.8 Å². The topological polar surface area (TPSA) is 60.5 Å². The summed E-state index contributed by atoms with van der Waals surface area (Å²) in [6.07, 6.45) is 3.58. The number of nitrogens with zero attached hydrogens (tertiary/aromatic N) is 1. The van der Waals surface area contributed by atoms with Gasteiger partial charge in [-0.2, -0.15) is 11.3 Å². The molecule has 0 fully saturated rings. The van der Waals surface area contributed by atoms with Crippen molar-refractivity contribution >= 4 is 17.2 Å². The van der Waals surface area contributed by atoms with Crippen molar-refractivity contribution < 1.29 is 14.3 Å². The molecule has 3 heterocycles. The molecule has 1 N–H and O–H groups in total. The number of rotatable bonds is 4. The van der Waals surface area contributed by atoms with Crippen LogP contribution in [0.15, 0.2) is 53.5 Å². The molecule has 1 amide bonds. The molecule has 2 aromatic heterocycles. The summed E-state index contributed by atoms with van der Waals surface area (Å²) in [5.41, 5.74) is 3.68. The highest BCUT2D eigenvalue weighted by Crippen LogP contribution is 2.32. The van der Waals surface area contributed by atoms with Gasteiger partial charge in [-0.1, -0.05) is 0 Å². The summed E-state index contributed by atoms with van der Waals surface area (Å²) < 4.78 is 10.5. The van der Waals surface area contributed by atoms with Gasteiger partial charge in [0.2, 0.25) is 6.79 Å². The molecule has 0 saturated heterocycles. The molecule has 1 aliphatic heterocycles. The number of ether oxygens (including phenoxy) is 2. The first kappa shape index (κ1) is 14.7. The van der Waals surface area contributed by atoms with Crippen LogP contribution in [0.1, 0.15) is 15.9 Å². The zero-order chi connectivity index (χ0) is 16.4. The largest absolute Gasteiger partial charge is 0.454 e. The molecule has 1 aromatic carbocycles. The number of pyridine rings is 1. The summed E-state index contributed by atoms with van der Waals surface area (Å²) in [6, 6.07) is 9.25. The fourth-order valence-corrected chi connectivity index (χ4v) is 3.16. The van der Waals surface area contributed by atoms with Gasteiger partial charge in [0.15, 0.2) is 11.5 Å². The van der Waals surface area contributed by atoms with E-state index in [2.05, 4.69) is 21.7 Å². The monoisotopic (exact) mass is 338 g/mol. The van der Waals surface area contributed by atoms with Gasteiger partial charge in [0.05, 0.1) is 0 Å². The summed E-state index contributed by atoms with van der Waals surface area (Å²) in [4.78, 5) is 16.6. The van der Waals surface area contributed by atoms with Crippen molar-refractivity contribution in [3.05, 3.63) is 64.6 Å². The van der Waals surface area contributed by atoms with Crippen LogP contribution in [-0.4, -0.2) is 17.7 Å². The van der Waals surface area contributed by atoms with Crippen molar-refractivity contribution in [2.24, 2.45) is 0 Å². The van der Waals surface area contributed by atoms with E-state index in [-0.39, 0.29) is 12.7 Å². The molecule has 1 aliphatic rings. The fraction of sp³-hybridized carbons (Fsp3) is 0.111. The van der Waals surface area contributed by atoms with Gasteiger partial charge in [-0.25, -0.2) is 0 Å². The molecule has 0 bridgehead atoms. The van der Waals surface area contributed by atoms with Gasteiger partial charge in [0, 0.05) is 30.1 Å². The van der Waals surface area contributed by atoms with Crippen molar-refractivity contribution in [2.75, 3.05) is 6.79 Å². The Morgan fingerprint density at radius 3 is 2.92 bits per heavy atom. The number of carbonyl (C=O) groups is 1. The Kier molecular flexibility index (Phi) is 3.88. The lowest BCUT2D eigenvalue weighted by molar-refractivity contribution is 0.0950. The van der Waals surface area contributed by atoms with E-state index >= 15 is 0 Å². The molecule has 3 aromatic rings. The molecule has 0 spiro atoms. The maximum atomic E-state index is 12.3. The second-order valence-electron chi connectivity index (χ2n) is 5.34. The number of carbonyl (C=O) groups excluding carboxylic acids is 1. The minimum absolute atomic E-state index is 0.158. The normalized spacial score (nSPS) is 12.2. The Balaban J connectivity index is 1.45. The van der Waals surface area contributed by atoms with Crippen molar-refractivity contribution in [1.29, 1.82) is 0 Å². The standard InChI is InChI=1S/C18H14N2O3S/c21-18(13-1-2-16-17(6-13)23-11-22-16)20-8-12-5-15(9-19-7-12)14-3-4-24-10-14/h1-7,9-10H,8,11H2,(H,20,21). The smallest absolute Gasteiger partial charge is 0.251 e. The van der Waals surface area contributed by atoms with E-state index in [4.69, 9.17) is 9.47 Å². The Morgan fingerprint density at radius 2 is 2.04 bits per heavy atom. The van der Waals surface area contributed by atoms with Crippen LogP contribution in [-0.2, 0) is 6.54 Å². The van der Waals surface area contributed by atoms with Crippen molar-refractivity contribution in [3.63, 3.8) is 0 Å². The summed E-state index contributed by atoms with van der Waals surface area (Å²) in [5.74, 6) is 1.11. The van der Waals surface area contributed by atoms with Gasteiger partial charge in [-0.15, -0.1) is 0 Å². The molecule has 0 atom stereocenters. The number of fused-ring (bicyclic) bond motifs is 1. The summed E-state index contributed by atoms with van der Waals surface area (Å²) >= 11 is 1.65. The highest BCUT2D eigenvalue weighted by atomic mass is 32.1. The van der Waals surface area contributed by atoms with Crippen LogP contribution in [0.25, 0.3) is 11.1 Å². The fourth-order valence-electron chi connectivity index (χ4n) is 2.49. The number of hydrogen-bond acceptors (Lipinski definition) is 5. The van der Waals surface area contributed by atoms with Crippen LogP contribution in [0.2, 0.25) is 0 Å². The minimum atomic E-state index is -0.158. The number of amides is 1. The van der Waals surface area contributed by atoms with Gasteiger partial charge in [0.1, 0.15) is 0 Å². The second-order valence-corrected chi connectivity index (χ2v) is 6.12. The van der Waals surface area contributed by atoms with E-state index < -0.39 is 0 Å². The van der Waals surface area contributed by atoms with Crippen LogP contribution in [0.5, 0.6) is 11.5 Å². The average molecular weight is 338 g/mol. The Morgan fingerprint density at radius 1 is 1.12 bits per heavy atom. The molecule has 0 aliphatic carbocycles. The van der Waals surface area contributed by atoms with E-state index in [1.165, 1.54) is 0 Å². The molecule has 24 heavy (non-hydrogen) atoms. The summed E-state index contributed by atoms with van der Waals surface area (Å²) in [6.45, 7) is 0.611. The molecule has 0 radical (unpaired) electrons. The number of aromatic nitrogens is 1. The van der Waals surface area contributed by atoms with Gasteiger partial charge in [0.25, 0.3) is 5.91 Å². The number of benzene rings is 1. The zero-order valence-corrected chi connectivity index (χ0v) is 13.5. The van der Waals surface area contributed by atoms with E-state index in [9.17, 15) is 4.79 Å². The average Bonchev–Trinajstić information content (AvgIpc) is 3.30. The SMILES string of the molecule is O=C(NCc1cncc(-c2ccsc2)c1)c1ccc2c(c1)OCO2. The molecular weight excluding hydrogens is 324 g/mol. The lowest BCUT2D eigenvalue weighted by Gasteiger charge is -2.07. The maximum absolute atomic E-state index is 12.3. The first-order valence-corrected chi connectivity index (χ1v) is 8.38. The third kappa shape index (κ3) is 2.96. The summed E-state index contributed by atoms with van der Waals surface area (Å²) in [5, 5.41) is 7.01. The highest BCUT2D eigenvalue weighted by Gasteiger charge is 2.16. The molecule has 0 unspecified atom stereocenters. The second kappa shape index (κ2) is 6.33. The molecule has 0 saturated carbocycles. The van der Waals surface area contributed by atoms with Crippen molar-refractivity contribution in [2.45, 2.75) is 6.54 Å². The highest BCUT2D eigenvalue weighted by molar-refractivity contribution is 7.08. The predicted octanol–water partition coefficient (Wildman–Crippen LogP) is 3.47. The first-order valence-electron chi connectivity index (χ1n) is 7.44. The van der Waals surface area contributed by atoms with Gasteiger partial charge in [-0.05, 0) is 52.2 Å². The van der Waals surface area contributed by atoms with Crippen molar-refractivity contribution in [1.82, 2.24) is 10.3 Å². The van der Waals surface area contributed by atoms with E-state index in [0.717, 1.165) is 16.7 Å². The van der Waals surface area contributed by atoms with E-state index in [1.807, 2.05) is 17.6 Å². The van der Waals surface area contributed by atoms with Crippen LogP contribution in [0, 0.1) is 0 Å². The predicted molar refractivity (Wildman–Crippen MR) is 91.3 cm³/mol. The lowest BCUT2D eigenvalue weighted by Crippen LogP contribution is -2.22. The van der Waals surface area contributed by atoms with Crippen molar-refractivity contribution in [3.8, 4) is 22.6 Å². The van der Waals surface area contributed by atoms with Crippen LogP contribution < -0.4 is 14.8 Å². The number of nitrogens with one attached hydrogen (secondary N) is 1. The third-order valence-corrected chi connectivity index (χ3v) is 4.42. The first-order chi connectivity index (χ1) is 11.8. The number of hydrogen-bond donors (Lipinski definition) is 1. The lowest BCUT2D eigenvalue weighted by atomic mass is 10.1. The quantitative estimate of drug-likeness (QED) is 0.791. The van der Waals surface area contributed by atoms with E-state index in [0.29, 0.717) is 23.6 Å². The minimum Gasteiger partial charge on any atom is -0.454 e. The zero-order valence-electron chi connectivity index (χ0n) is 12.7. The molecular formula is C18H14N2O3S. The maximum Gasteiger partial charge on any atom is 0.251 e. The Hall–Kier alpha value is -2.86. The third-order valence-electron chi connectivity index (χ3n) is 3.74. The molecule has 5 nitrogen and oxygen atoms in total. The van der Waals surface area contributed by atoms with E-state index in [1.54, 1.807) is 35.7 Å². The van der Waals surface area contributed by atoms with Gasteiger partial charge in [-0.3, -0.25) is 9.78 Å². The molecule has 120 valence electrons. The molecule has 6 heteroatoms. The number of thiophene rings is 1.